The molecule has 0 bridgehead atoms. The molecule has 0 aliphatic carbocycles. The molecular formula is C12H12N2O2. The Bertz CT molecular complexity index is 486. The molecule has 16 heavy (non-hydrogen) atoms. The molecule has 2 aromatic rings. The van der Waals surface area contributed by atoms with Gasteiger partial charge in [0.25, 0.3) is 0 Å². The first-order valence-electron chi connectivity index (χ1n) is 4.87. The molecule has 1 aromatic carbocycles. The minimum absolute atomic E-state index is 0.117. The fraction of sp³-hybridized carbons (Fsp3) is 0.0833. The summed E-state index contributed by atoms with van der Waals surface area (Å²) in [4.78, 5) is 4.10. The summed E-state index contributed by atoms with van der Waals surface area (Å²) in [6, 6.07) is 10.2. The minimum atomic E-state index is 0.117. The van der Waals surface area contributed by atoms with E-state index in [1.54, 1.807) is 42.6 Å². The van der Waals surface area contributed by atoms with Gasteiger partial charge in [0.2, 0.25) is 0 Å². The van der Waals surface area contributed by atoms with Crippen LogP contribution >= 0.6 is 0 Å². The van der Waals surface area contributed by atoms with Crippen LogP contribution in [0.4, 0.5) is 5.69 Å². The molecule has 0 aliphatic rings. The normalized spacial score (nSPS) is 10.0. The number of phenols is 1. The van der Waals surface area contributed by atoms with Gasteiger partial charge in [-0.2, -0.15) is 0 Å². The topological polar surface area (TPSA) is 68.4 Å². The van der Waals surface area contributed by atoms with Crippen molar-refractivity contribution < 1.29 is 9.84 Å². The van der Waals surface area contributed by atoms with E-state index in [1.165, 1.54) is 0 Å². The van der Waals surface area contributed by atoms with Crippen LogP contribution in [0.5, 0.6) is 11.5 Å². The number of nitrogens with two attached hydrogens (primary N) is 1. The molecule has 0 radical (unpaired) electrons. The standard InChI is InChI=1S/C12H12N2O2/c13-9-5-6-14-10(7-9)8-16-12-4-2-1-3-11(12)15/h1-7,15H,8H2,(H2,13,14). The highest BCUT2D eigenvalue weighted by Gasteiger charge is 2.01. The van der Waals surface area contributed by atoms with E-state index >= 15 is 0 Å². The molecule has 0 spiro atoms. The number of phenolic OH excluding ortho intramolecular Hbond substituents is 1. The van der Waals surface area contributed by atoms with Gasteiger partial charge in [0, 0.05) is 11.9 Å². The van der Waals surface area contributed by atoms with Gasteiger partial charge in [0.1, 0.15) is 6.61 Å². The van der Waals surface area contributed by atoms with Crippen LogP contribution in [-0.2, 0) is 6.61 Å². The van der Waals surface area contributed by atoms with Crippen molar-refractivity contribution in [2.24, 2.45) is 0 Å². The number of aromatic nitrogens is 1. The van der Waals surface area contributed by atoms with E-state index in [0.717, 1.165) is 5.69 Å². The number of hydrogen-bond acceptors (Lipinski definition) is 4. The molecule has 4 heteroatoms. The smallest absolute Gasteiger partial charge is 0.161 e. The molecule has 0 fully saturated rings. The summed E-state index contributed by atoms with van der Waals surface area (Å²) in [5, 5.41) is 9.47. The molecule has 0 saturated heterocycles. The van der Waals surface area contributed by atoms with Gasteiger partial charge in [0.05, 0.1) is 5.69 Å². The summed E-state index contributed by atoms with van der Waals surface area (Å²) in [7, 11) is 0. The molecule has 0 atom stereocenters. The van der Waals surface area contributed by atoms with Crippen molar-refractivity contribution in [1.29, 1.82) is 0 Å². The fourth-order valence-corrected chi connectivity index (χ4v) is 1.31. The molecule has 4 nitrogen and oxygen atoms in total. The van der Waals surface area contributed by atoms with Crippen LogP contribution in [0.25, 0.3) is 0 Å². The molecule has 0 saturated carbocycles. The molecule has 82 valence electrons. The highest BCUT2D eigenvalue weighted by atomic mass is 16.5. The van der Waals surface area contributed by atoms with Crippen LogP contribution in [0.3, 0.4) is 0 Å². The summed E-state index contributed by atoms with van der Waals surface area (Å²) in [6.45, 7) is 0.280. The van der Waals surface area contributed by atoms with Crippen LogP contribution in [0.2, 0.25) is 0 Å². The predicted molar refractivity (Wildman–Crippen MR) is 61.1 cm³/mol. The lowest BCUT2D eigenvalue weighted by Crippen LogP contribution is -1.99. The van der Waals surface area contributed by atoms with E-state index in [-0.39, 0.29) is 12.4 Å². The van der Waals surface area contributed by atoms with E-state index in [9.17, 15) is 5.11 Å². The lowest BCUT2D eigenvalue weighted by Gasteiger charge is -2.07. The second-order valence-corrected chi connectivity index (χ2v) is 3.34. The summed E-state index contributed by atoms with van der Waals surface area (Å²) < 4.78 is 5.41. The Morgan fingerprint density at radius 1 is 1.25 bits per heavy atom. The van der Waals surface area contributed by atoms with Crippen molar-refractivity contribution in [2.75, 3.05) is 5.73 Å². The number of nitrogens with zero attached hydrogens (tertiary/aromatic N) is 1. The second-order valence-electron chi connectivity index (χ2n) is 3.34. The second kappa shape index (κ2) is 4.53. The van der Waals surface area contributed by atoms with Crippen molar-refractivity contribution in [1.82, 2.24) is 4.98 Å². The Morgan fingerprint density at radius 2 is 2.06 bits per heavy atom. The van der Waals surface area contributed by atoms with Gasteiger partial charge in [-0.1, -0.05) is 12.1 Å². The Kier molecular flexibility index (Phi) is 2.91. The third kappa shape index (κ3) is 2.42. The zero-order valence-electron chi connectivity index (χ0n) is 8.63. The third-order valence-electron chi connectivity index (χ3n) is 2.08. The largest absolute Gasteiger partial charge is 0.504 e. The number of benzene rings is 1. The predicted octanol–water partition coefficient (Wildman–Crippen LogP) is 1.95. The highest BCUT2D eigenvalue weighted by molar-refractivity contribution is 5.39. The summed E-state index contributed by atoms with van der Waals surface area (Å²) in [5.74, 6) is 0.554. The van der Waals surface area contributed by atoms with Crippen molar-refractivity contribution in [3.05, 3.63) is 48.3 Å². The number of rotatable bonds is 3. The van der Waals surface area contributed by atoms with Gasteiger partial charge in [0.15, 0.2) is 11.5 Å². The Hall–Kier alpha value is -2.23. The number of hydrogen-bond donors (Lipinski definition) is 2. The lowest BCUT2D eigenvalue weighted by atomic mass is 10.3. The maximum Gasteiger partial charge on any atom is 0.161 e. The molecule has 0 unspecified atom stereocenters. The fourth-order valence-electron chi connectivity index (χ4n) is 1.31. The van der Waals surface area contributed by atoms with Crippen LogP contribution in [0.1, 0.15) is 5.69 Å². The first kappa shape index (κ1) is 10.3. The molecular weight excluding hydrogens is 204 g/mol. The maximum atomic E-state index is 9.47. The molecule has 2 rings (SSSR count). The lowest BCUT2D eigenvalue weighted by molar-refractivity contribution is 0.285. The average molecular weight is 216 g/mol. The molecule has 1 aromatic heterocycles. The van der Waals surface area contributed by atoms with Gasteiger partial charge < -0.3 is 15.6 Å². The maximum absolute atomic E-state index is 9.47. The Morgan fingerprint density at radius 3 is 2.81 bits per heavy atom. The molecule has 0 aliphatic heterocycles. The minimum Gasteiger partial charge on any atom is -0.504 e. The summed E-state index contributed by atoms with van der Waals surface area (Å²) >= 11 is 0. The summed E-state index contributed by atoms with van der Waals surface area (Å²) in [6.07, 6.45) is 1.62. The van der Waals surface area contributed by atoms with Crippen molar-refractivity contribution >= 4 is 5.69 Å². The van der Waals surface area contributed by atoms with E-state index < -0.39 is 0 Å². The molecule has 0 amide bonds. The van der Waals surface area contributed by atoms with Gasteiger partial charge in [-0.25, -0.2) is 0 Å². The zero-order chi connectivity index (χ0) is 11.4. The first-order valence-corrected chi connectivity index (χ1v) is 4.87. The van der Waals surface area contributed by atoms with Gasteiger partial charge in [-0.15, -0.1) is 0 Å². The highest BCUT2D eigenvalue weighted by Crippen LogP contribution is 2.25. The first-order chi connectivity index (χ1) is 7.75. The van der Waals surface area contributed by atoms with E-state index in [1.807, 2.05) is 0 Å². The number of anilines is 1. The van der Waals surface area contributed by atoms with Gasteiger partial charge >= 0.3 is 0 Å². The van der Waals surface area contributed by atoms with Crippen LogP contribution < -0.4 is 10.5 Å². The van der Waals surface area contributed by atoms with Crippen LogP contribution in [0, 0.1) is 0 Å². The van der Waals surface area contributed by atoms with Crippen molar-refractivity contribution in [3.8, 4) is 11.5 Å². The third-order valence-corrected chi connectivity index (χ3v) is 2.08. The van der Waals surface area contributed by atoms with E-state index in [4.69, 9.17) is 10.5 Å². The molecule has 3 N–H and O–H groups in total. The van der Waals surface area contributed by atoms with E-state index in [2.05, 4.69) is 4.98 Å². The quantitative estimate of drug-likeness (QED) is 0.822. The number of para-hydroxylation sites is 2. The SMILES string of the molecule is Nc1ccnc(COc2ccccc2O)c1. The zero-order valence-corrected chi connectivity index (χ0v) is 8.63. The van der Waals surface area contributed by atoms with Crippen molar-refractivity contribution in [2.45, 2.75) is 6.61 Å². The number of pyridine rings is 1. The van der Waals surface area contributed by atoms with Crippen molar-refractivity contribution in [3.63, 3.8) is 0 Å². The number of nitrogen functional groups attached to an aromatic ring is 1. The summed E-state index contributed by atoms with van der Waals surface area (Å²) in [5.41, 5.74) is 6.98. The average Bonchev–Trinajstić information content (AvgIpc) is 2.28. The van der Waals surface area contributed by atoms with Gasteiger partial charge in [-0.05, 0) is 24.3 Å². The monoisotopic (exact) mass is 216 g/mol. The number of ether oxygens (including phenoxy) is 1. The number of aromatic hydroxyl groups is 1. The Labute approximate surface area is 93.3 Å². The Balaban J connectivity index is 2.05. The van der Waals surface area contributed by atoms with Crippen LogP contribution in [-0.4, -0.2) is 10.1 Å². The molecule has 1 heterocycles. The van der Waals surface area contributed by atoms with Crippen LogP contribution in [0.15, 0.2) is 42.6 Å². The van der Waals surface area contributed by atoms with E-state index in [0.29, 0.717) is 11.4 Å². The van der Waals surface area contributed by atoms with Gasteiger partial charge in [-0.3, -0.25) is 4.98 Å².